The number of piperazine rings is 1. The molecular formula is C13H16N2O2. The van der Waals surface area contributed by atoms with E-state index in [0.29, 0.717) is 0 Å². The highest BCUT2D eigenvalue weighted by molar-refractivity contribution is 5.89. The molecule has 4 heteroatoms. The molecule has 0 unspecified atom stereocenters. The molecule has 1 aromatic rings. The van der Waals surface area contributed by atoms with Gasteiger partial charge in [0.2, 0.25) is 0 Å². The van der Waals surface area contributed by atoms with Crippen LogP contribution >= 0.6 is 0 Å². The van der Waals surface area contributed by atoms with Crippen LogP contribution in [-0.2, 0) is 4.79 Å². The minimum atomic E-state index is -0.901. The lowest BCUT2D eigenvalue weighted by molar-refractivity contribution is -0.131. The Labute approximate surface area is 101 Å². The predicted molar refractivity (Wildman–Crippen MR) is 66.5 cm³/mol. The maximum absolute atomic E-state index is 10.9. The van der Waals surface area contributed by atoms with Gasteiger partial charge in [-0.05, 0) is 5.56 Å². The third-order valence-corrected chi connectivity index (χ3v) is 2.79. The summed E-state index contributed by atoms with van der Waals surface area (Å²) < 4.78 is 0. The molecule has 1 saturated heterocycles. The van der Waals surface area contributed by atoms with Gasteiger partial charge >= 0.3 is 5.97 Å². The zero-order valence-corrected chi connectivity index (χ0v) is 9.60. The Balaban J connectivity index is 2.28. The quantitative estimate of drug-likeness (QED) is 0.764. The topological polar surface area (TPSA) is 52.6 Å². The van der Waals surface area contributed by atoms with Gasteiger partial charge in [-0.25, -0.2) is 4.79 Å². The first-order chi connectivity index (χ1) is 8.27. The van der Waals surface area contributed by atoms with E-state index in [9.17, 15) is 4.79 Å². The first-order valence-electron chi connectivity index (χ1n) is 5.73. The highest BCUT2D eigenvalue weighted by Gasteiger charge is 2.15. The molecule has 2 N–H and O–H groups in total. The standard InChI is InChI=1S/C13H16N2O2/c16-13(17)10-12(11-4-2-1-3-5-11)15-8-6-14-7-9-15/h1-5,10,14H,6-9H2,(H,16,17). The van der Waals surface area contributed by atoms with E-state index in [4.69, 9.17) is 5.11 Å². The minimum Gasteiger partial charge on any atom is -0.478 e. The minimum absolute atomic E-state index is 0.791. The van der Waals surface area contributed by atoms with Gasteiger partial charge in [-0.15, -0.1) is 0 Å². The van der Waals surface area contributed by atoms with E-state index in [1.165, 1.54) is 6.08 Å². The number of carboxylic acids is 1. The van der Waals surface area contributed by atoms with Crippen LogP contribution in [0.1, 0.15) is 5.56 Å². The molecule has 0 spiro atoms. The van der Waals surface area contributed by atoms with Crippen molar-refractivity contribution in [3.63, 3.8) is 0 Å². The van der Waals surface area contributed by atoms with Crippen molar-refractivity contribution in [2.45, 2.75) is 0 Å². The normalized spacial score (nSPS) is 16.9. The van der Waals surface area contributed by atoms with E-state index in [1.54, 1.807) is 0 Å². The highest BCUT2D eigenvalue weighted by atomic mass is 16.4. The number of aliphatic carboxylic acids is 1. The smallest absolute Gasteiger partial charge is 0.330 e. The molecule has 4 nitrogen and oxygen atoms in total. The lowest BCUT2D eigenvalue weighted by Crippen LogP contribution is -2.42. The van der Waals surface area contributed by atoms with Gasteiger partial charge in [-0.2, -0.15) is 0 Å². The van der Waals surface area contributed by atoms with Crippen molar-refractivity contribution in [1.29, 1.82) is 0 Å². The van der Waals surface area contributed by atoms with Crippen molar-refractivity contribution in [2.75, 3.05) is 26.2 Å². The number of hydrogen-bond acceptors (Lipinski definition) is 3. The van der Waals surface area contributed by atoms with E-state index >= 15 is 0 Å². The second-order valence-electron chi connectivity index (χ2n) is 3.97. The third kappa shape index (κ3) is 3.07. The van der Waals surface area contributed by atoms with E-state index in [-0.39, 0.29) is 0 Å². The lowest BCUT2D eigenvalue weighted by Gasteiger charge is -2.31. The molecule has 0 bridgehead atoms. The number of nitrogens with one attached hydrogen (secondary N) is 1. The van der Waals surface area contributed by atoms with Gasteiger partial charge < -0.3 is 15.3 Å². The third-order valence-electron chi connectivity index (χ3n) is 2.79. The molecule has 1 aliphatic heterocycles. The lowest BCUT2D eigenvalue weighted by atomic mass is 10.1. The van der Waals surface area contributed by atoms with Crippen molar-refractivity contribution in [3.8, 4) is 0 Å². The Hall–Kier alpha value is -1.81. The Bertz CT molecular complexity index is 409. The highest BCUT2D eigenvalue weighted by Crippen LogP contribution is 2.19. The molecule has 1 aliphatic rings. The summed E-state index contributed by atoms with van der Waals surface area (Å²) in [6, 6.07) is 9.66. The van der Waals surface area contributed by atoms with Crippen LogP contribution in [0.2, 0.25) is 0 Å². The average molecular weight is 232 g/mol. The Morgan fingerprint density at radius 1 is 1.24 bits per heavy atom. The van der Waals surface area contributed by atoms with Crippen molar-refractivity contribution in [1.82, 2.24) is 10.2 Å². The van der Waals surface area contributed by atoms with Crippen molar-refractivity contribution in [2.24, 2.45) is 0 Å². The summed E-state index contributed by atoms with van der Waals surface area (Å²) in [5, 5.41) is 12.2. The van der Waals surface area contributed by atoms with Gasteiger partial charge in [0.1, 0.15) is 0 Å². The molecule has 1 fully saturated rings. The Morgan fingerprint density at radius 2 is 1.88 bits per heavy atom. The molecule has 0 radical (unpaired) electrons. The SMILES string of the molecule is O=C(O)C=C(c1ccccc1)N1CCNCC1. The number of benzene rings is 1. The van der Waals surface area contributed by atoms with Crippen LogP contribution in [0.3, 0.4) is 0 Å². The summed E-state index contributed by atoms with van der Waals surface area (Å²) in [5.74, 6) is -0.901. The molecule has 0 aliphatic carbocycles. The molecule has 1 heterocycles. The summed E-state index contributed by atoms with van der Waals surface area (Å²) in [4.78, 5) is 13.0. The Morgan fingerprint density at radius 3 is 2.47 bits per heavy atom. The molecule has 1 aromatic carbocycles. The number of nitrogens with zero attached hydrogens (tertiary/aromatic N) is 1. The number of carboxylic acid groups (broad SMARTS) is 1. The van der Waals surface area contributed by atoms with E-state index < -0.39 is 5.97 Å². The fraction of sp³-hybridized carbons (Fsp3) is 0.308. The molecule has 0 saturated carbocycles. The summed E-state index contributed by atoms with van der Waals surface area (Å²) in [6.07, 6.45) is 1.29. The summed E-state index contributed by atoms with van der Waals surface area (Å²) in [5.41, 5.74) is 1.75. The largest absolute Gasteiger partial charge is 0.478 e. The van der Waals surface area contributed by atoms with Gasteiger partial charge in [-0.3, -0.25) is 0 Å². The Kier molecular flexibility index (Phi) is 3.77. The predicted octanol–water partition coefficient (Wildman–Crippen LogP) is 1.02. The van der Waals surface area contributed by atoms with Crippen LogP contribution < -0.4 is 5.32 Å². The fourth-order valence-corrected chi connectivity index (χ4v) is 1.99. The van der Waals surface area contributed by atoms with E-state index in [1.807, 2.05) is 30.3 Å². The van der Waals surface area contributed by atoms with Crippen LogP contribution in [0.5, 0.6) is 0 Å². The van der Waals surface area contributed by atoms with Crippen LogP contribution in [0.15, 0.2) is 36.4 Å². The summed E-state index contributed by atoms with van der Waals surface area (Å²) in [7, 11) is 0. The van der Waals surface area contributed by atoms with Crippen molar-refractivity contribution in [3.05, 3.63) is 42.0 Å². The fourth-order valence-electron chi connectivity index (χ4n) is 1.99. The average Bonchev–Trinajstić information content (AvgIpc) is 2.38. The summed E-state index contributed by atoms with van der Waals surface area (Å²) in [6.45, 7) is 3.47. The first-order valence-corrected chi connectivity index (χ1v) is 5.73. The van der Waals surface area contributed by atoms with Gasteiger partial charge in [0, 0.05) is 32.3 Å². The van der Waals surface area contributed by atoms with E-state index in [0.717, 1.165) is 37.4 Å². The van der Waals surface area contributed by atoms with Crippen molar-refractivity contribution >= 4 is 11.7 Å². The number of hydrogen-bond donors (Lipinski definition) is 2. The van der Waals surface area contributed by atoms with Crippen molar-refractivity contribution < 1.29 is 9.90 Å². The van der Waals surface area contributed by atoms with Crippen LogP contribution in [-0.4, -0.2) is 42.2 Å². The van der Waals surface area contributed by atoms with Crippen LogP contribution in [0, 0.1) is 0 Å². The molecule has 0 atom stereocenters. The maximum Gasteiger partial charge on any atom is 0.330 e. The number of rotatable bonds is 3. The molecule has 0 amide bonds. The second kappa shape index (κ2) is 5.50. The zero-order chi connectivity index (χ0) is 12.1. The zero-order valence-electron chi connectivity index (χ0n) is 9.60. The van der Waals surface area contributed by atoms with Gasteiger partial charge in [-0.1, -0.05) is 30.3 Å². The molecule has 90 valence electrons. The van der Waals surface area contributed by atoms with Gasteiger partial charge in [0.05, 0.1) is 5.70 Å². The van der Waals surface area contributed by atoms with Crippen LogP contribution in [0.4, 0.5) is 0 Å². The molecule has 17 heavy (non-hydrogen) atoms. The van der Waals surface area contributed by atoms with Gasteiger partial charge in [0.25, 0.3) is 0 Å². The number of carbonyl (C=O) groups is 1. The monoisotopic (exact) mass is 232 g/mol. The second-order valence-corrected chi connectivity index (χ2v) is 3.97. The molecule has 2 rings (SSSR count). The molecular weight excluding hydrogens is 216 g/mol. The molecule has 0 aromatic heterocycles. The van der Waals surface area contributed by atoms with E-state index in [2.05, 4.69) is 10.2 Å². The summed E-state index contributed by atoms with van der Waals surface area (Å²) >= 11 is 0. The van der Waals surface area contributed by atoms with Gasteiger partial charge in [0.15, 0.2) is 0 Å². The maximum atomic E-state index is 10.9. The first kappa shape index (κ1) is 11.7. The van der Waals surface area contributed by atoms with Crippen LogP contribution in [0.25, 0.3) is 5.70 Å².